The van der Waals surface area contributed by atoms with Crippen LogP contribution in [-0.2, 0) is 20.8 Å². The highest BCUT2D eigenvalue weighted by Crippen LogP contribution is 2.05. The molecule has 140 valence electrons. The Balaban J connectivity index is 2.41. The van der Waals surface area contributed by atoms with Crippen molar-refractivity contribution in [1.29, 1.82) is 0 Å². The molecule has 10 heteroatoms. The molecule has 0 fully saturated rings. The molecule has 1 aromatic rings. The summed E-state index contributed by atoms with van der Waals surface area (Å²) < 4.78 is 0. The fraction of sp³-hybridized carbons (Fsp3) is 0.667. The van der Waals surface area contributed by atoms with Crippen LogP contribution in [0.5, 0.6) is 0 Å². The molecule has 0 aliphatic carbocycles. The van der Waals surface area contributed by atoms with Crippen LogP contribution in [0.1, 0.15) is 33.0 Å². The summed E-state index contributed by atoms with van der Waals surface area (Å²) in [7, 11) is 1.63. The molecule has 0 radical (unpaired) electrons. The number of likely N-dealkylation sites (N-methyl/N-ethyl adjacent to an activating group) is 1. The third-order valence-corrected chi connectivity index (χ3v) is 3.44. The Morgan fingerprint density at radius 2 is 2.00 bits per heavy atom. The molecule has 10 nitrogen and oxygen atoms in total. The van der Waals surface area contributed by atoms with Crippen LogP contribution in [-0.4, -0.2) is 64.0 Å². The second kappa shape index (κ2) is 9.60. The van der Waals surface area contributed by atoms with Crippen LogP contribution in [0.4, 0.5) is 5.95 Å². The standard InChI is InChI=1S/C15H27N7O3/c1-9(2)7-11(18-10(3)23)14(25)17-5-6-22(4)13(24)8-12-19-15(16)21-20-12/h9,11H,5-8H2,1-4H3,(H,17,25)(H,18,23)(H3,16,19,20,21)/t11-/m0/s1. The molecule has 0 saturated heterocycles. The SMILES string of the molecule is CC(=O)N[C@@H](CC(C)C)C(=O)NCCN(C)C(=O)Cc1nc(N)n[nH]1. The number of amides is 3. The molecule has 0 saturated carbocycles. The summed E-state index contributed by atoms with van der Waals surface area (Å²) in [5, 5.41) is 11.6. The molecule has 3 amide bonds. The second-order valence-corrected chi connectivity index (χ2v) is 6.31. The van der Waals surface area contributed by atoms with Crippen molar-refractivity contribution in [3.8, 4) is 0 Å². The molecule has 1 rings (SSSR count). The smallest absolute Gasteiger partial charge is 0.242 e. The number of nitrogens with two attached hydrogens (primary N) is 1. The van der Waals surface area contributed by atoms with E-state index >= 15 is 0 Å². The molecule has 1 heterocycles. The van der Waals surface area contributed by atoms with E-state index in [0.717, 1.165) is 0 Å². The average molecular weight is 353 g/mol. The van der Waals surface area contributed by atoms with E-state index in [4.69, 9.17) is 5.73 Å². The maximum Gasteiger partial charge on any atom is 0.242 e. The van der Waals surface area contributed by atoms with Gasteiger partial charge in [0.25, 0.3) is 0 Å². The van der Waals surface area contributed by atoms with Crippen LogP contribution >= 0.6 is 0 Å². The number of aromatic nitrogens is 3. The lowest BCUT2D eigenvalue weighted by atomic mass is 10.0. The third-order valence-electron chi connectivity index (χ3n) is 3.44. The number of nitrogens with zero attached hydrogens (tertiary/aromatic N) is 3. The van der Waals surface area contributed by atoms with Crippen LogP contribution in [0.25, 0.3) is 0 Å². The normalized spacial score (nSPS) is 11.9. The summed E-state index contributed by atoms with van der Waals surface area (Å²) in [6.45, 7) is 5.95. The summed E-state index contributed by atoms with van der Waals surface area (Å²) >= 11 is 0. The van der Waals surface area contributed by atoms with Crippen LogP contribution in [0.2, 0.25) is 0 Å². The van der Waals surface area contributed by atoms with Crippen molar-refractivity contribution in [1.82, 2.24) is 30.7 Å². The fourth-order valence-corrected chi connectivity index (χ4v) is 2.21. The van der Waals surface area contributed by atoms with Crippen molar-refractivity contribution in [3.05, 3.63) is 5.82 Å². The number of anilines is 1. The minimum atomic E-state index is -0.573. The Bertz CT molecular complexity index is 600. The topological polar surface area (TPSA) is 146 Å². The Hall–Kier alpha value is -2.65. The van der Waals surface area contributed by atoms with Gasteiger partial charge in [-0.25, -0.2) is 0 Å². The van der Waals surface area contributed by atoms with Gasteiger partial charge in [0.2, 0.25) is 23.7 Å². The summed E-state index contributed by atoms with van der Waals surface area (Å²) in [6.07, 6.45) is 0.601. The molecule has 0 spiro atoms. The molecular formula is C15H27N7O3. The first-order chi connectivity index (χ1) is 11.7. The number of nitrogen functional groups attached to an aromatic ring is 1. The van der Waals surface area contributed by atoms with Crippen LogP contribution in [0.3, 0.4) is 0 Å². The number of hydrogen-bond donors (Lipinski definition) is 4. The zero-order valence-electron chi connectivity index (χ0n) is 15.1. The van der Waals surface area contributed by atoms with Gasteiger partial charge in [-0.1, -0.05) is 13.8 Å². The van der Waals surface area contributed by atoms with Crippen LogP contribution < -0.4 is 16.4 Å². The van der Waals surface area contributed by atoms with Crippen molar-refractivity contribution in [2.75, 3.05) is 25.9 Å². The molecule has 5 N–H and O–H groups in total. The summed E-state index contributed by atoms with van der Waals surface area (Å²) in [5.41, 5.74) is 5.39. The minimum absolute atomic E-state index is 0.0521. The van der Waals surface area contributed by atoms with Gasteiger partial charge in [0.15, 0.2) is 0 Å². The van der Waals surface area contributed by atoms with Crippen LogP contribution in [0, 0.1) is 5.92 Å². The second-order valence-electron chi connectivity index (χ2n) is 6.31. The quantitative estimate of drug-likeness (QED) is 0.450. The molecule has 0 aliphatic heterocycles. The number of hydrogen-bond acceptors (Lipinski definition) is 6. The molecule has 0 aliphatic rings. The summed E-state index contributed by atoms with van der Waals surface area (Å²) in [5.74, 6) is 0.0623. The lowest BCUT2D eigenvalue weighted by Gasteiger charge is -2.21. The molecular weight excluding hydrogens is 326 g/mol. The fourth-order valence-electron chi connectivity index (χ4n) is 2.21. The van der Waals surface area contributed by atoms with Gasteiger partial charge in [-0.15, -0.1) is 5.10 Å². The number of rotatable bonds is 9. The van der Waals surface area contributed by atoms with Gasteiger partial charge >= 0.3 is 0 Å². The molecule has 25 heavy (non-hydrogen) atoms. The lowest BCUT2D eigenvalue weighted by molar-refractivity contribution is -0.130. The number of aromatic amines is 1. The summed E-state index contributed by atoms with van der Waals surface area (Å²) in [4.78, 5) is 40.8. The van der Waals surface area contributed by atoms with E-state index in [2.05, 4.69) is 25.8 Å². The van der Waals surface area contributed by atoms with Crippen molar-refractivity contribution >= 4 is 23.7 Å². The number of carbonyl (C=O) groups is 3. The highest BCUT2D eigenvalue weighted by Gasteiger charge is 2.20. The molecule has 1 atom stereocenters. The van der Waals surface area contributed by atoms with E-state index in [1.165, 1.54) is 11.8 Å². The maximum absolute atomic E-state index is 12.2. The summed E-state index contributed by atoms with van der Waals surface area (Å²) in [6, 6.07) is -0.573. The third kappa shape index (κ3) is 7.64. The van der Waals surface area contributed by atoms with Gasteiger partial charge in [-0.2, -0.15) is 4.98 Å². The number of carbonyl (C=O) groups excluding carboxylic acids is 3. The predicted molar refractivity (Wildman–Crippen MR) is 92.2 cm³/mol. The number of nitrogens with one attached hydrogen (secondary N) is 3. The average Bonchev–Trinajstić information content (AvgIpc) is 2.90. The lowest BCUT2D eigenvalue weighted by Crippen LogP contribution is -2.48. The van der Waals surface area contributed by atoms with Gasteiger partial charge < -0.3 is 21.3 Å². The molecule has 0 unspecified atom stereocenters. The van der Waals surface area contributed by atoms with E-state index in [9.17, 15) is 14.4 Å². The molecule has 0 aromatic carbocycles. The van der Waals surface area contributed by atoms with Crippen molar-refractivity contribution < 1.29 is 14.4 Å². The van der Waals surface area contributed by atoms with E-state index in [1.807, 2.05) is 13.8 Å². The van der Waals surface area contributed by atoms with E-state index < -0.39 is 6.04 Å². The van der Waals surface area contributed by atoms with E-state index in [1.54, 1.807) is 7.05 Å². The van der Waals surface area contributed by atoms with Gasteiger partial charge in [-0.3, -0.25) is 19.5 Å². The van der Waals surface area contributed by atoms with Gasteiger partial charge in [0.1, 0.15) is 11.9 Å². The van der Waals surface area contributed by atoms with Gasteiger partial charge in [0.05, 0.1) is 6.42 Å². The minimum Gasteiger partial charge on any atom is -0.367 e. The molecule has 1 aromatic heterocycles. The first-order valence-corrected chi connectivity index (χ1v) is 8.14. The monoisotopic (exact) mass is 353 g/mol. The maximum atomic E-state index is 12.2. The van der Waals surface area contributed by atoms with Gasteiger partial charge in [-0.05, 0) is 12.3 Å². The number of H-pyrrole nitrogens is 1. The first kappa shape index (κ1) is 20.4. The molecule has 0 bridgehead atoms. The van der Waals surface area contributed by atoms with Gasteiger partial charge in [0, 0.05) is 27.1 Å². The zero-order valence-corrected chi connectivity index (χ0v) is 15.1. The Morgan fingerprint density at radius 3 is 2.52 bits per heavy atom. The first-order valence-electron chi connectivity index (χ1n) is 8.14. The van der Waals surface area contributed by atoms with Crippen LogP contribution in [0.15, 0.2) is 0 Å². The van der Waals surface area contributed by atoms with Crippen molar-refractivity contribution in [2.24, 2.45) is 5.92 Å². The van der Waals surface area contributed by atoms with E-state index in [0.29, 0.717) is 18.8 Å². The zero-order chi connectivity index (χ0) is 19.0. The predicted octanol–water partition coefficient (Wildman–Crippen LogP) is -0.945. The Kier molecular flexibility index (Phi) is 7.83. The highest BCUT2D eigenvalue weighted by molar-refractivity contribution is 5.86. The van der Waals surface area contributed by atoms with Crippen molar-refractivity contribution in [3.63, 3.8) is 0 Å². The Morgan fingerprint density at radius 1 is 1.32 bits per heavy atom. The van der Waals surface area contributed by atoms with E-state index in [-0.39, 0.29) is 42.6 Å². The Labute approximate surface area is 146 Å². The largest absolute Gasteiger partial charge is 0.367 e. The highest BCUT2D eigenvalue weighted by atomic mass is 16.2. The van der Waals surface area contributed by atoms with Crippen molar-refractivity contribution in [2.45, 2.75) is 39.7 Å².